The molecule has 2 aromatic carbocycles. The minimum absolute atomic E-state index is 0.297. The number of hydrogen-bond donors (Lipinski definition) is 4. The summed E-state index contributed by atoms with van der Waals surface area (Å²) < 4.78 is 11.2. The topological polar surface area (TPSA) is 104 Å². The Morgan fingerprint density at radius 3 is 2.56 bits per heavy atom. The highest BCUT2D eigenvalue weighted by molar-refractivity contribution is 7.60. The molecule has 5 nitrogen and oxygen atoms in total. The first-order chi connectivity index (χ1) is 7.38. The third-order valence-electron chi connectivity index (χ3n) is 2.16. The second kappa shape index (κ2) is 3.49. The highest BCUT2D eigenvalue weighted by Gasteiger charge is 2.21. The van der Waals surface area contributed by atoms with E-state index in [0.717, 1.165) is 0 Å². The van der Waals surface area contributed by atoms with Gasteiger partial charge >= 0.3 is 7.60 Å². The van der Waals surface area contributed by atoms with Crippen LogP contribution in [-0.4, -0.2) is 14.9 Å². The molecule has 0 bridgehead atoms. The highest BCUT2D eigenvalue weighted by atomic mass is 31.2. The first kappa shape index (κ1) is 11.0. The Labute approximate surface area is 91.3 Å². The van der Waals surface area contributed by atoms with E-state index >= 15 is 0 Å². The van der Waals surface area contributed by atoms with Crippen molar-refractivity contribution in [2.24, 2.45) is 0 Å². The van der Waals surface area contributed by atoms with Gasteiger partial charge in [-0.3, -0.25) is 4.57 Å². The molecule has 0 unspecified atom stereocenters. The monoisotopic (exact) mass is 238 g/mol. The van der Waals surface area contributed by atoms with Crippen LogP contribution >= 0.6 is 7.60 Å². The summed E-state index contributed by atoms with van der Waals surface area (Å²) in [6.45, 7) is 0. The number of nitrogens with two attached hydrogens (primary N) is 1. The summed E-state index contributed by atoms with van der Waals surface area (Å²) in [5, 5.41) is 9.78. The van der Waals surface area contributed by atoms with Crippen LogP contribution in [0, 0.1) is 6.07 Å². The van der Waals surface area contributed by atoms with Crippen molar-refractivity contribution in [3.05, 3.63) is 30.3 Å². The van der Waals surface area contributed by atoms with Crippen LogP contribution in [0.3, 0.4) is 0 Å². The Hall–Kier alpha value is -1.55. The van der Waals surface area contributed by atoms with E-state index in [1.54, 1.807) is 12.1 Å². The highest BCUT2D eigenvalue weighted by Crippen LogP contribution is 2.38. The Balaban J connectivity index is 2.91. The van der Waals surface area contributed by atoms with Gasteiger partial charge in [0.15, 0.2) is 0 Å². The number of nitrogen functional groups attached to an aromatic ring is 1. The molecule has 2 rings (SSSR count). The molecule has 0 aliphatic rings. The largest absolute Gasteiger partial charge is 0.507 e. The van der Waals surface area contributed by atoms with Gasteiger partial charge in [-0.05, 0) is 29.0 Å². The lowest BCUT2D eigenvalue weighted by Crippen LogP contribution is -2.06. The maximum Gasteiger partial charge on any atom is 0.357 e. The van der Waals surface area contributed by atoms with E-state index in [9.17, 15) is 9.67 Å². The summed E-state index contributed by atoms with van der Waals surface area (Å²) in [7, 11) is -4.48. The molecule has 0 fully saturated rings. The SMILES string of the molecule is Nc1ccc2cc(O)[c]c(P(=O)(O)O)c2c1. The number of phenols is 1. The van der Waals surface area contributed by atoms with Crippen molar-refractivity contribution in [1.82, 2.24) is 0 Å². The van der Waals surface area contributed by atoms with E-state index in [0.29, 0.717) is 16.5 Å². The molecule has 0 spiro atoms. The van der Waals surface area contributed by atoms with Gasteiger partial charge in [-0.25, -0.2) is 0 Å². The van der Waals surface area contributed by atoms with Gasteiger partial charge in [-0.2, -0.15) is 0 Å². The zero-order valence-electron chi connectivity index (χ0n) is 8.08. The van der Waals surface area contributed by atoms with Crippen molar-refractivity contribution in [3.8, 4) is 5.75 Å². The van der Waals surface area contributed by atoms with Crippen LogP contribution in [0.25, 0.3) is 10.8 Å². The molecule has 0 aromatic heterocycles. The first-order valence-electron chi connectivity index (χ1n) is 4.38. The Bertz CT molecular complexity index is 605. The van der Waals surface area contributed by atoms with Crippen molar-refractivity contribution >= 4 is 29.4 Å². The molecule has 1 radical (unpaired) electrons. The van der Waals surface area contributed by atoms with Crippen LogP contribution in [0.5, 0.6) is 5.75 Å². The molecule has 83 valence electrons. The minimum Gasteiger partial charge on any atom is -0.507 e. The molecule has 5 N–H and O–H groups in total. The van der Waals surface area contributed by atoms with Crippen LogP contribution in [0.4, 0.5) is 5.69 Å². The molecule has 0 atom stereocenters. The Kier molecular flexibility index (Phi) is 2.39. The number of phenolic OH excluding ortho intramolecular Hbond substituents is 1. The van der Waals surface area contributed by atoms with Crippen molar-refractivity contribution in [2.45, 2.75) is 0 Å². The summed E-state index contributed by atoms with van der Waals surface area (Å²) in [5.74, 6) is -0.310. The number of rotatable bonds is 1. The molecule has 0 saturated heterocycles. The predicted molar refractivity (Wildman–Crippen MR) is 60.5 cm³/mol. The fourth-order valence-corrected chi connectivity index (χ4v) is 2.27. The van der Waals surface area contributed by atoms with Gasteiger partial charge in [0, 0.05) is 11.8 Å². The molecule has 0 amide bonds. The molecular formula is C10H9NO4P. The number of benzene rings is 2. The van der Waals surface area contributed by atoms with E-state index in [2.05, 4.69) is 6.07 Å². The number of aromatic hydroxyl groups is 1. The van der Waals surface area contributed by atoms with Gasteiger partial charge in [0.25, 0.3) is 0 Å². The average Bonchev–Trinajstić information content (AvgIpc) is 2.16. The lowest BCUT2D eigenvalue weighted by atomic mass is 10.1. The number of hydrogen-bond acceptors (Lipinski definition) is 3. The molecule has 2 aromatic rings. The molecule has 6 heteroatoms. The van der Waals surface area contributed by atoms with E-state index in [1.807, 2.05) is 0 Å². The van der Waals surface area contributed by atoms with Gasteiger partial charge in [0.2, 0.25) is 0 Å². The Morgan fingerprint density at radius 2 is 1.94 bits per heavy atom. The van der Waals surface area contributed by atoms with Gasteiger partial charge < -0.3 is 20.6 Å². The molecule has 0 aliphatic heterocycles. The number of fused-ring (bicyclic) bond motifs is 1. The third kappa shape index (κ3) is 1.88. The van der Waals surface area contributed by atoms with E-state index < -0.39 is 7.60 Å². The second-order valence-corrected chi connectivity index (χ2v) is 4.93. The summed E-state index contributed by atoms with van der Waals surface area (Å²) in [5.41, 5.74) is 5.93. The zero-order chi connectivity index (χ0) is 11.9. The zero-order valence-corrected chi connectivity index (χ0v) is 8.98. The third-order valence-corrected chi connectivity index (χ3v) is 3.10. The van der Waals surface area contributed by atoms with Crippen LogP contribution in [0.2, 0.25) is 0 Å². The predicted octanol–water partition coefficient (Wildman–Crippen LogP) is 0.731. The fourth-order valence-electron chi connectivity index (χ4n) is 1.51. The lowest BCUT2D eigenvalue weighted by Gasteiger charge is -2.09. The van der Waals surface area contributed by atoms with E-state index in [-0.39, 0.29) is 11.1 Å². The van der Waals surface area contributed by atoms with Crippen LogP contribution < -0.4 is 11.0 Å². The summed E-state index contributed by atoms with van der Waals surface area (Å²) >= 11 is 0. The minimum atomic E-state index is -4.48. The van der Waals surface area contributed by atoms with Crippen molar-refractivity contribution < 1.29 is 19.5 Å². The molecule has 16 heavy (non-hydrogen) atoms. The fraction of sp³-hybridized carbons (Fsp3) is 0. The van der Waals surface area contributed by atoms with Crippen molar-refractivity contribution in [2.75, 3.05) is 5.73 Å². The van der Waals surface area contributed by atoms with Crippen LogP contribution in [0.1, 0.15) is 0 Å². The first-order valence-corrected chi connectivity index (χ1v) is 6.00. The van der Waals surface area contributed by atoms with Gasteiger partial charge in [-0.1, -0.05) is 6.07 Å². The summed E-state index contributed by atoms with van der Waals surface area (Å²) in [6.07, 6.45) is 0. The van der Waals surface area contributed by atoms with Gasteiger partial charge in [-0.15, -0.1) is 0 Å². The molecule has 0 saturated carbocycles. The molecule has 0 aliphatic carbocycles. The van der Waals surface area contributed by atoms with Crippen LogP contribution in [0.15, 0.2) is 24.3 Å². The second-order valence-electron chi connectivity index (χ2n) is 3.39. The van der Waals surface area contributed by atoms with Crippen LogP contribution in [-0.2, 0) is 4.57 Å². The lowest BCUT2D eigenvalue weighted by molar-refractivity contribution is 0.387. The average molecular weight is 238 g/mol. The quantitative estimate of drug-likeness (QED) is 0.433. The standard InChI is InChI=1S/C10H9NO4P/c11-7-2-1-6-3-8(12)5-10(9(6)4-7)16(13,14)15/h1-4,12H,11H2,(H2,13,14,15). The van der Waals surface area contributed by atoms with Crippen molar-refractivity contribution in [3.63, 3.8) is 0 Å². The van der Waals surface area contributed by atoms with Gasteiger partial charge in [0.1, 0.15) is 5.75 Å². The molecule has 0 heterocycles. The maximum absolute atomic E-state index is 11.2. The number of anilines is 1. The van der Waals surface area contributed by atoms with E-state index in [4.69, 9.17) is 15.5 Å². The van der Waals surface area contributed by atoms with Crippen molar-refractivity contribution in [1.29, 1.82) is 0 Å². The smallest absolute Gasteiger partial charge is 0.357 e. The summed E-state index contributed by atoms with van der Waals surface area (Å²) in [6, 6.07) is 8.24. The van der Waals surface area contributed by atoms with E-state index in [1.165, 1.54) is 12.1 Å². The molecular weight excluding hydrogens is 229 g/mol. The Morgan fingerprint density at radius 1 is 1.25 bits per heavy atom. The van der Waals surface area contributed by atoms with Gasteiger partial charge in [0.05, 0.1) is 5.30 Å². The normalized spacial score (nSPS) is 11.9. The maximum atomic E-state index is 11.2. The summed E-state index contributed by atoms with van der Waals surface area (Å²) in [4.78, 5) is 18.3.